The van der Waals surface area contributed by atoms with Gasteiger partial charge in [0, 0.05) is 13.1 Å². The molecule has 112 valence electrons. The third kappa shape index (κ3) is 8.59. The molecule has 0 rings (SSSR count). The number of nitrogens with zero attached hydrogens (tertiary/aromatic N) is 2. The van der Waals surface area contributed by atoms with Crippen LogP contribution in [-0.4, -0.2) is 59.5 Å². The van der Waals surface area contributed by atoms with Crippen molar-refractivity contribution in [3.05, 3.63) is 0 Å². The lowest BCUT2D eigenvalue weighted by molar-refractivity contribution is -0.139. The smallest absolute Gasteiger partial charge is 0.317 e. The van der Waals surface area contributed by atoms with Crippen LogP contribution < -0.4 is 0 Å². The molecule has 1 N–H and O–H groups in total. The number of hydrogen-bond donors (Lipinski definition) is 1. The van der Waals surface area contributed by atoms with Crippen molar-refractivity contribution in [3.63, 3.8) is 0 Å². The Bertz CT molecular complexity index is 261. The number of likely N-dealkylation sites (N-methyl/N-ethyl adjacent to an activating group) is 1. The monoisotopic (exact) mass is 272 g/mol. The number of unbranched alkanes of at least 4 members (excludes halogenated alkanes) is 2. The quantitative estimate of drug-likeness (QED) is 0.623. The predicted molar refractivity (Wildman–Crippen MR) is 76.1 cm³/mol. The lowest BCUT2D eigenvalue weighted by atomic mass is 10.2. The summed E-state index contributed by atoms with van der Waals surface area (Å²) in [5, 5.41) is 8.78. The van der Waals surface area contributed by atoms with Crippen LogP contribution >= 0.6 is 0 Å². The Morgan fingerprint density at radius 3 is 1.84 bits per heavy atom. The zero-order valence-corrected chi connectivity index (χ0v) is 12.5. The summed E-state index contributed by atoms with van der Waals surface area (Å²) in [6.45, 7) is 8.34. The Morgan fingerprint density at radius 2 is 1.47 bits per heavy atom. The van der Waals surface area contributed by atoms with E-state index >= 15 is 0 Å². The second kappa shape index (κ2) is 10.8. The molecule has 0 fully saturated rings. The Balaban J connectivity index is 4.37. The average Bonchev–Trinajstić information content (AvgIpc) is 2.37. The number of hydrogen-bond acceptors (Lipinski definition) is 3. The number of carboxylic acid groups (broad SMARTS) is 1. The second-order valence-electron chi connectivity index (χ2n) is 4.78. The van der Waals surface area contributed by atoms with Crippen molar-refractivity contribution in [1.29, 1.82) is 0 Å². The zero-order valence-electron chi connectivity index (χ0n) is 12.5. The van der Waals surface area contributed by atoms with Gasteiger partial charge in [0.1, 0.15) is 0 Å². The predicted octanol–water partition coefficient (Wildman–Crippen LogP) is 1.82. The van der Waals surface area contributed by atoms with E-state index in [2.05, 4.69) is 13.8 Å². The van der Waals surface area contributed by atoms with Crippen molar-refractivity contribution in [3.8, 4) is 0 Å². The van der Waals surface area contributed by atoms with Gasteiger partial charge in [0.2, 0.25) is 5.91 Å². The molecule has 0 aromatic rings. The summed E-state index contributed by atoms with van der Waals surface area (Å²) in [7, 11) is 0. The van der Waals surface area contributed by atoms with E-state index in [1.54, 1.807) is 4.90 Å². The van der Waals surface area contributed by atoms with Crippen molar-refractivity contribution >= 4 is 11.9 Å². The van der Waals surface area contributed by atoms with Gasteiger partial charge in [-0.1, -0.05) is 33.6 Å². The molecule has 5 nitrogen and oxygen atoms in total. The first kappa shape index (κ1) is 17.9. The largest absolute Gasteiger partial charge is 0.480 e. The number of carbonyl (C=O) groups excluding carboxylic acids is 1. The lowest BCUT2D eigenvalue weighted by Gasteiger charge is -2.26. The first-order chi connectivity index (χ1) is 9.04. The fourth-order valence-corrected chi connectivity index (χ4v) is 1.82. The van der Waals surface area contributed by atoms with E-state index in [9.17, 15) is 9.59 Å². The Morgan fingerprint density at radius 1 is 0.947 bits per heavy atom. The number of carboxylic acids is 1. The topological polar surface area (TPSA) is 60.9 Å². The third-order valence-electron chi connectivity index (χ3n) is 3.08. The third-order valence-corrected chi connectivity index (χ3v) is 3.08. The summed E-state index contributed by atoms with van der Waals surface area (Å²) in [6, 6.07) is 0. The van der Waals surface area contributed by atoms with Crippen LogP contribution in [0.1, 0.15) is 46.5 Å². The van der Waals surface area contributed by atoms with Crippen molar-refractivity contribution in [2.75, 3.05) is 32.7 Å². The molecule has 0 spiro atoms. The van der Waals surface area contributed by atoms with Gasteiger partial charge < -0.3 is 10.0 Å². The Kier molecular flexibility index (Phi) is 10.2. The zero-order chi connectivity index (χ0) is 14.7. The molecule has 0 aliphatic heterocycles. The second-order valence-corrected chi connectivity index (χ2v) is 4.78. The van der Waals surface area contributed by atoms with Gasteiger partial charge in [0.25, 0.3) is 0 Å². The molecule has 0 saturated heterocycles. The van der Waals surface area contributed by atoms with Crippen LogP contribution in [0.4, 0.5) is 0 Å². The van der Waals surface area contributed by atoms with Gasteiger partial charge in [0.15, 0.2) is 0 Å². The van der Waals surface area contributed by atoms with Gasteiger partial charge in [-0.15, -0.1) is 0 Å². The molecule has 0 atom stereocenters. The standard InChI is InChI=1S/C14H28N2O3/c1-4-7-9-16(10-8-5-2)13(17)11-15(6-3)12-14(18)19/h4-12H2,1-3H3,(H,18,19). The van der Waals surface area contributed by atoms with Crippen LogP contribution in [0.5, 0.6) is 0 Å². The first-order valence-corrected chi connectivity index (χ1v) is 7.27. The molecule has 0 radical (unpaired) electrons. The maximum absolute atomic E-state index is 12.2. The van der Waals surface area contributed by atoms with Crippen LogP contribution in [0.15, 0.2) is 0 Å². The Hall–Kier alpha value is -1.10. The number of carbonyl (C=O) groups is 2. The van der Waals surface area contributed by atoms with Gasteiger partial charge in [-0.25, -0.2) is 0 Å². The van der Waals surface area contributed by atoms with Gasteiger partial charge >= 0.3 is 5.97 Å². The molecule has 0 aliphatic carbocycles. The van der Waals surface area contributed by atoms with Gasteiger partial charge in [-0.05, 0) is 19.4 Å². The van der Waals surface area contributed by atoms with E-state index in [0.29, 0.717) is 6.54 Å². The van der Waals surface area contributed by atoms with E-state index < -0.39 is 5.97 Å². The maximum Gasteiger partial charge on any atom is 0.317 e. The summed E-state index contributed by atoms with van der Waals surface area (Å²) < 4.78 is 0. The molecule has 0 aromatic heterocycles. The lowest BCUT2D eigenvalue weighted by Crippen LogP contribution is -2.42. The molecule has 0 aliphatic rings. The minimum Gasteiger partial charge on any atom is -0.480 e. The van der Waals surface area contributed by atoms with Crippen LogP contribution in [0.25, 0.3) is 0 Å². The summed E-state index contributed by atoms with van der Waals surface area (Å²) in [5.41, 5.74) is 0. The molecule has 0 bridgehead atoms. The summed E-state index contributed by atoms with van der Waals surface area (Å²) in [5.74, 6) is -0.840. The minimum atomic E-state index is -0.886. The molecule has 0 saturated carbocycles. The highest BCUT2D eigenvalue weighted by Crippen LogP contribution is 2.01. The van der Waals surface area contributed by atoms with E-state index in [1.807, 2.05) is 11.8 Å². The summed E-state index contributed by atoms with van der Waals surface area (Å²) in [6.07, 6.45) is 4.12. The Labute approximate surface area is 116 Å². The van der Waals surface area contributed by atoms with E-state index in [4.69, 9.17) is 5.11 Å². The van der Waals surface area contributed by atoms with Crippen LogP contribution in [0, 0.1) is 0 Å². The summed E-state index contributed by atoms with van der Waals surface area (Å²) >= 11 is 0. The molecule has 19 heavy (non-hydrogen) atoms. The molecular formula is C14H28N2O3. The average molecular weight is 272 g/mol. The van der Waals surface area contributed by atoms with Crippen molar-refractivity contribution in [1.82, 2.24) is 9.80 Å². The SMILES string of the molecule is CCCCN(CCCC)C(=O)CN(CC)CC(=O)O. The van der Waals surface area contributed by atoms with Crippen molar-refractivity contribution in [2.24, 2.45) is 0 Å². The molecule has 0 unspecified atom stereocenters. The van der Waals surface area contributed by atoms with Crippen molar-refractivity contribution in [2.45, 2.75) is 46.5 Å². The fourth-order valence-electron chi connectivity index (χ4n) is 1.82. The molecule has 0 aromatic carbocycles. The molecule has 0 heterocycles. The number of aliphatic carboxylic acids is 1. The highest BCUT2D eigenvalue weighted by molar-refractivity contribution is 5.79. The number of rotatable bonds is 11. The normalized spacial score (nSPS) is 10.7. The minimum absolute atomic E-state index is 0.0463. The molecular weight excluding hydrogens is 244 g/mol. The highest BCUT2D eigenvalue weighted by Gasteiger charge is 2.17. The maximum atomic E-state index is 12.2. The fraction of sp³-hybridized carbons (Fsp3) is 0.857. The highest BCUT2D eigenvalue weighted by atomic mass is 16.4. The van der Waals surface area contributed by atoms with E-state index in [-0.39, 0.29) is 19.0 Å². The van der Waals surface area contributed by atoms with E-state index in [1.165, 1.54) is 0 Å². The van der Waals surface area contributed by atoms with Crippen LogP contribution in [0.3, 0.4) is 0 Å². The van der Waals surface area contributed by atoms with Gasteiger partial charge in [-0.3, -0.25) is 14.5 Å². The van der Waals surface area contributed by atoms with Gasteiger partial charge in [0.05, 0.1) is 13.1 Å². The molecule has 1 amide bonds. The van der Waals surface area contributed by atoms with E-state index in [0.717, 1.165) is 38.8 Å². The van der Waals surface area contributed by atoms with Crippen LogP contribution in [-0.2, 0) is 9.59 Å². The first-order valence-electron chi connectivity index (χ1n) is 7.27. The number of amides is 1. The summed E-state index contributed by atoms with van der Waals surface area (Å²) in [4.78, 5) is 26.4. The molecule has 5 heteroatoms. The van der Waals surface area contributed by atoms with Crippen LogP contribution in [0.2, 0.25) is 0 Å². The van der Waals surface area contributed by atoms with Crippen molar-refractivity contribution < 1.29 is 14.7 Å². The van der Waals surface area contributed by atoms with Gasteiger partial charge in [-0.2, -0.15) is 0 Å².